The first-order valence-electron chi connectivity index (χ1n) is 5.60. The predicted molar refractivity (Wildman–Crippen MR) is 73.7 cm³/mol. The van der Waals surface area contributed by atoms with Gasteiger partial charge in [0.25, 0.3) is 0 Å². The number of nitrogens with two attached hydrogens (primary N) is 2. The molecule has 19 heavy (non-hydrogen) atoms. The van der Waals surface area contributed by atoms with E-state index in [0.717, 1.165) is 6.29 Å². The molecule has 0 heterocycles. The van der Waals surface area contributed by atoms with Gasteiger partial charge in [0.1, 0.15) is 6.29 Å². The summed E-state index contributed by atoms with van der Waals surface area (Å²) in [5.41, 5.74) is 13.0. The average Bonchev–Trinajstić information content (AvgIpc) is 2.43. The third-order valence-corrected chi connectivity index (χ3v) is 2.58. The van der Waals surface area contributed by atoms with Gasteiger partial charge in [0, 0.05) is 17.3 Å². The van der Waals surface area contributed by atoms with Crippen LogP contribution in [0.5, 0.6) is 17.2 Å². The molecule has 2 aromatic carbocycles. The minimum Gasteiger partial charge on any atom is -0.493 e. The first-order chi connectivity index (χ1) is 9.13. The first-order valence-corrected chi connectivity index (χ1v) is 5.60. The summed E-state index contributed by atoms with van der Waals surface area (Å²) in [7, 11) is 1.50. The van der Waals surface area contributed by atoms with Crippen molar-refractivity contribution in [1.82, 2.24) is 0 Å². The number of rotatable bonds is 4. The van der Waals surface area contributed by atoms with Crippen molar-refractivity contribution in [1.29, 1.82) is 0 Å². The van der Waals surface area contributed by atoms with Gasteiger partial charge in [0.2, 0.25) is 0 Å². The molecule has 0 aromatic heterocycles. The number of carbonyl (C=O) groups excluding carboxylic acids is 1. The van der Waals surface area contributed by atoms with Crippen molar-refractivity contribution in [3.63, 3.8) is 0 Å². The second-order valence-electron chi connectivity index (χ2n) is 3.93. The van der Waals surface area contributed by atoms with Crippen molar-refractivity contribution in [2.45, 2.75) is 0 Å². The van der Waals surface area contributed by atoms with E-state index in [9.17, 15) is 4.79 Å². The van der Waals surface area contributed by atoms with Crippen LogP contribution in [0.2, 0.25) is 0 Å². The van der Waals surface area contributed by atoms with Gasteiger partial charge in [-0.3, -0.25) is 4.79 Å². The molecule has 0 aliphatic rings. The van der Waals surface area contributed by atoms with E-state index in [0.29, 0.717) is 34.2 Å². The number of aldehydes is 1. The van der Waals surface area contributed by atoms with Crippen LogP contribution in [-0.4, -0.2) is 13.4 Å². The Kier molecular flexibility index (Phi) is 3.56. The van der Waals surface area contributed by atoms with Gasteiger partial charge in [-0.25, -0.2) is 0 Å². The van der Waals surface area contributed by atoms with Crippen molar-refractivity contribution in [2.75, 3.05) is 18.6 Å². The molecule has 5 nitrogen and oxygen atoms in total. The van der Waals surface area contributed by atoms with Crippen molar-refractivity contribution >= 4 is 17.7 Å². The highest BCUT2D eigenvalue weighted by molar-refractivity contribution is 5.76. The Morgan fingerprint density at radius 1 is 1.00 bits per heavy atom. The molecule has 98 valence electrons. The maximum atomic E-state index is 10.7. The Morgan fingerprint density at radius 3 is 2.47 bits per heavy atom. The maximum absolute atomic E-state index is 10.7. The van der Waals surface area contributed by atoms with E-state index in [1.54, 1.807) is 36.4 Å². The minimum atomic E-state index is 0.442. The van der Waals surface area contributed by atoms with Gasteiger partial charge in [-0.15, -0.1) is 0 Å². The summed E-state index contributed by atoms with van der Waals surface area (Å²) >= 11 is 0. The number of ether oxygens (including phenoxy) is 2. The fourth-order valence-electron chi connectivity index (χ4n) is 1.60. The first kappa shape index (κ1) is 12.8. The van der Waals surface area contributed by atoms with E-state index in [4.69, 9.17) is 20.9 Å². The number of nitrogen functional groups attached to an aromatic ring is 2. The molecule has 0 atom stereocenters. The summed E-state index contributed by atoms with van der Waals surface area (Å²) in [6.45, 7) is 0. The molecule has 0 spiro atoms. The number of anilines is 2. The molecule has 0 saturated carbocycles. The number of benzene rings is 2. The van der Waals surface area contributed by atoms with Crippen LogP contribution in [0.1, 0.15) is 10.4 Å². The molecule has 0 unspecified atom stereocenters. The summed E-state index contributed by atoms with van der Waals surface area (Å²) in [6.07, 6.45) is 0.737. The van der Waals surface area contributed by atoms with Gasteiger partial charge in [0.15, 0.2) is 17.2 Å². The van der Waals surface area contributed by atoms with Crippen LogP contribution in [0.4, 0.5) is 11.4 Å². The number of hydrogen-bond donors (Lipinski definition) is 2. The van der Waals surface area contributed by atoms with Gasteiger partial charge < -0.3 is 20.9 Å². The molecular weight excluding hydrogens is 244 g/mol. The third kappa shape index (κ3) is 2.77. The van der Waals surface area contributed by atoms with Crippen LogP contribution in [0.3, 0.4) is 0 Å². The fourth-order valence-corrected chi connectivity index (χ4v) is 1.60. The predicted octanol–water partition coefficient (Wildman–Crippen LogP) is 2.46. The standard InChI is InChI=1S/C14H14N2O3/c1-18-14-6-9(8-17)2-5-12(14)19-13-7-10(15)3-4-11(13)16/h2-8H,15-16H2,1H3. The second kappa shape index (κ2) is 5.30. The number of methoxy groups -OCH3 is 1. The van der Waals surface area contributed by atoms with E-state index < -0.39 is 0 Å². The highest BCUT2D eigenvalue weighted by Gasteiger charge is 2.09. The second-order valence-corrected chi connectivity index (χ2v) is 3.93. The zero-order valence-corrected chi connectivity index (χ0v) is 10.4. The molecule has 4 N–H and O–H groups in total. The van der Waals surface area contributed by atoms with E-state index in [-0.39, 0.29) is 0 Å². The summed E-state index contributed by atoms with van der Waals surface area (Å²) in [5.74, 6) is 1.36. The Bertz CT molecular complexity index is 612. The van der Waals surface area contributed by atoms with Crippen LogP contribution >= 0.6 is 0 Å². The Morgan fingerprint density at radius 2 is 1.79 bits per heavy atom. The average molecular weight is 258 g/mol. The van der Waals surface area contributed by atoms with E-state index in [2.05, 4.69) is 0 Å². The van der Waals surface area contributed by atoms with Crippen molar-refractivity contribution in [3.05, 3.63) is 42.0 Å². The minimum absolute atomic E-state index is 0.442. The topological polar surface area (TPSA) is 87.6 Å². The Hall–Kier alpha value is -2.69. The molecule has 0 radical (unpaired) electrons. The molecule has 0 saturated heterocycles. The molecular formula is C14H14N2O3. The fraction of sp³-hybridized carbons (Fsp3) is 0.0714. The lowest BCUT2D eigenvalue weighted by atomic mass is 10.2. The summed E-state index contributed by atoms with van der Waals surface area (Å²) in [4.78, 5) is 10.7. The summed E-state index contributed by atoms with van der Waals surface area (Å²) in [6, 6.07) is 9.84. The van der Waals surface area contributed by atoms with E-state index >= 15 is 0 Å². The lowest BCUT2D eigenvalue weighted by molar-refractivity contribution is 0.112. The highest BCUT2D eigenvalue weighted by atomic mass is 16.5. The van der Waals surface area contributed by atoms with Crippen molar-refractivity contribution in [3.8, 4) is 17.2 Å². The van der Waals surface area contributed by atoms with E-state index in [1.165, 1.54) is 7.11 Å². The Labute approximate surface area is 110 Å². The normalized spacial score (nSPS) is 9.95. The van der Waals surface area contributed by atoms with Crippen molar-refractivity contribution < 1.29 is 14.3 Å². The SMILES string of the molecule is COc1cc(C=O)ccc1Oc1cc(N)ccc1N. The largest absolute Gasteiger partial charge is 0.493 e. The molecule has 0 bridgehead atoms. The monoisotopic (exact) mass is 258 g/mol. The molecule has 0 amide bonds. The van der Waals surface area contributed by atoms with Crippen molar-refractivity contribution in [2.24, 2.45) is 0 Å². The van der Waals surface area contributed by atoms with Gasteiger partial charge in [0.05, 0.1) is 12.8 Å². The Balaban J connectivity index is 2.37. The van der Waals surface area contributed by atoms with Crippen LogP contribution in [0.25, 0.3) is 0 Å². The van der Waals surface area contributed by atoms with Gasteiger partial charge >= 0.3 is 0 Å². The van der Waals surface area contributed by atoms with Gasteiger partial charge in [-0.05, 0) is 30.3 Å². The number of hydrogen-bond acceptors (Lipinski definition) is 5. The molecule has 5 heteroatoms. The highest BCUT2D eigenvalue weighted by Crippen LogP contribution is 2.35. The molecule has 2 aromatic rings. The zero-order valence-electron chi connectivity index (χ0n) is 10.4. The maximum Gasteiger partial charge on any atom is 0.169 e. The van der Waals surface area contributed by atoms with Crippen LogP contribution in [-0.2, 0) is 0 Å². The van der Waals surface area contributed by atoms with Crippen LogP contribution in [0, 0.1) is 0 Å². The van der Waals surface area contributed by atoms with Gasteiger partial charge in [-0.1, -0.05) is 0 Å². The molecule has 2 rings (SSSR count). The molecule has 0 aliphatic heterocycles. The van der Waals surface area contributed by atoms with Crippen LogP contribution < -0.4 is 20.9 Å². The molecule has 0 fully saturated rings. The number of carbonyl (C=O) groups is 1. The van der Waals surface area contributed by atoms with Gasteiger partial charge in [-0.2, -0.15) is 0 Å². The molecule has 0 aliphatic carbocycles. The van der Waals surface area contributed by atoms with E-state index in [1.807, 2.05) is 0 Å². The third-order valence-electron chi connectivity index (χ3n) is 2.58. The summed E-state index contributed by atoms with van der Waals surface area (Å²) < 4.78 is 10.8. The lowest BCUT2D eigenvalue weighted by Crippen LogP contribution is -1.96. The lowest BCUT2D eigenvalue weighted by Gasteiger charge is -2.12. The van der Waals surface area contributed by atoms with Crippen LogP contribution in [0.15, 0.2) is 36.4 Å². The zero-order chi connectivity index (χ0) is 13.8. The smallest absolute Gasteiger partial charge is 0.169 e. The summed E-state index contributed by atoms with van der Waals surface area (Å²) in [5, 5.41) is 0. The quantitative estimate of drug-likeness (QED) is 0.649.